The van der Waals surface area contributed by atoms with Gasteiger partial charge in [0.2, 0.25) is 0 Å². The molecule has 1 heterocycles. The molecule has 2 rings (SSSR count). The molecule has 0 aliphatic rings. The molecular weight excluding hydrogens is 265 g/mol. The number of nitrogens with zero attached hydrogens (tertiary/aromatic N) is 1. The fourth-order valence-corrected chi connectivity index (χ4v) is 1.48. The van der Waals surface area contributed by atoms with Crippen LogP contribution in [0.4, 0.5) is 4.39 Å². The Labute approximate surface area is 113 Å². The van der Waals surface area contributed by atoms with Gasteiger partial charge < -0.3 is 9.15 Å². The Morgan fingerprint density at radius 2 is 2.25 bits per heavy atom. The van der Waals surface area contributed by atoms with Crippen molar-refractivity contribution in [3.8, 4) is 11.8 Å². The molecule has 0 aliphatic heterocycles. The first-order valence-electron chi connectivity index (χ1n) is 5.56. The Hall–Kier alpha value is -2.85. The van der Waals surface area contributed by atoms with Crippen LogP contribution in [0.2, 0.25) is 0 Å². The number of benzene rings is 1. The molecule has 0 spiro atoms. The standard InChI is InChI=1S/C13H10FN3O3/c14-10-5-8(6-15)1-3-11(10)19-7-9-2-4-12(20-9)13(18)17-16/h1-5H,7,16H2,(H,17,18). The van der Waals surface area contributed by atoms with Crippen LogP contribution >= 0.6 is 0 Å². The zero-order valence-electron chi connectivity index (χ0n) is 10.2. The van der Waals surface area contributed by atoms with E-state index in [4.69, 9.17) is 20.3 Å². The largest absolute Gasteiger partial charge is 0.483 e. The van der Waals surface area contributed by atoms with Crippen molar-refractivity contribution in [2.45, 2.75) is 6.61 Å². The number of nitriles is 1. The number of nitrogens with one attached hydrogen (secondary N) is 1. The lowest BCUT2D eigenvalue weighted by Crippen LogP contribution is -2.29. The summed E-state index contributed by atoms with van der Waals surface area (Å²) in [6.45, 7) is -0.0549. The zero-order chi connectivity index (χ0) is 14.5. The summed E-state index contributed by atoms with van der Waals surface area (Å²) in [6, 6.07) is 8.63. The Morgan fingerprint density at radius 3 is 2.90 bits per heavy atom. The number of hydrazine groups is 1. The number of furan rings is 1. The maximum absolute atomic E-state index is 13.5. The van der Waals surface area contributed by atoms with E-state index in [0.717, 1.165) is 6.07 Å². The summed E-state index contributed by atoms with van der Waals surface area (Å²) < 4.78 is 23.9. The van der Waals surface area contributed by atoms with Gasteiger partial charge in [-0.15, -0.1) is 0 Å². The third-order valence-corrected chi connectivity index (χ3v) is 2.45. The minimum Gasteiger partial charge on any atom is -0.483 e. The van der Waals surface area contributed by atoms with E-state index in [9.17, 15) is 9.18 Å². The van der Waals surface area contributed by atoms with E-state index in [2.05, 4.69) is 0 Å². The van der Waals surface area contributed by atoms with Gasteiger partial charge in [-0.2, -0.15) is 5.26 Å². The van der Waals surface area contributed by atoms with Gasteiger partial charge in [0.15, 0.2) is 17.3 Å². The van der Waals surface area contributed by atoms with Crippen molar-refractivity contribution in [1.29, 1.82) is 5.26 Å². The topological polar surface area (TPSA) is 101 Å². The van der Waals surface area contributed by atoms with E-state index in [1.165, 1.54) is 24.3 Å². The minimum absolute atomic E-state index is 0.00905. The Bertz CT molecular complexity index is 676. The molecule has 0 radical (unpaired) electrons. The number of nitrogens with two attached hydrogens (primary N) is 1. The molecule has 0 bridgehead atoms. The van der Waals surface area contributed by atoms with E-state index in [0.29, 0.717) is 5.76 Å². The number of hydrogen-bond acceptors (Lipinski definition) is 5. The molecule has 0 saturated heterocycles. The second-order valence-corrected chi connectivity index (χ2v) is 3.79. The predicted molar refractivity (Wildman–Crippen MR) is 65.8 cm³/mol. The van der Waals surface area contributed by atoms with Gasteiger partial charge in [0.1, 0.15) is 12.4 Å². The van der Waals surface area contributed by atoms with Crippen LogP contribution in [0.1, 0.15) is 21.9 Å². The van der Waals surface area contributed by atoms with Crippen molar-refractivity contribution in [1.82, 2.24) is 5.43 Å². The van der Waals surface area contributed by atoms with Crippen molar-refractivity contribution >= 4 is 5.91 Å². The first-order valence-corrected chi connectivity index (χ1v) is 5.56. The van der Waals surface area contributed by atoms with E-state index >= 15 is 0 Å². The molecule has 0 atom stereocenters. The molecule has 1 aromatic carbocycles. The quantitative estimate of drug-likeness (QED) is 0.500. The first-order chi connectivity index (χ1) is 9.63. The third-order valence-electron chi connectivity index (χ3n) is 2.45. The van der Waals surface area contributed by atoms with Crippen LogP contribution in [0, 0.1) is 17.1 Å². The maximum atomic E-state index is 13.5. The molecule has 0 fully saturated rings. The lowest BCUT2D eigenvalue weighted by Gasteiger charge is -2.05. The summed E-state index contributed by atoms with van der Waals surface area (Å²) in [5, 5.41) is 8.62. The molecule has 6 nitrogen and oxygen atoms in total. The summed E-state index contributed by atoms with van der Waals surface area (Å²) in [5.41, 5.74) is 2.13. The van der Waals surface area contributed by atoms with E-state index in [-0.39, 0.29) is 23.7 Å². The first kappa shape index (κ1) is 13.6. The number of carbonyl (C=O) groups is 1. The van der Waals surface area contributed by atoms with Crippen LogP contribution in [0.15, 0.2) is 34.7 Å². The van der Waals surface area contributed by atoms with Crippen LogP contribution in [0.3, 0.4) is 0 Å². The fraction of sp³-hybridized carbons (Fsp3) is 0.0769. The van der Waals surface area contributed by atoms with Crippen molar-refractivity contribution in [3.05, 3.63) is 53.2 Å². The molecule has 0 unspecified atom stereocenters. The van der Waals surface area contributed by atoms with Gasteiger partial charge in [-0.3, -0.25) is 10.2 Å². The number of nitrogen functional groups attached to an aromatic ring is 1. The normalized spacial score (nSPS) is 9.85. The lowest BCUT2D eigenvalue weighted by atomic mass is 10.2. The second-order valence-electron chi connectivity index (χ2n) is 3.79. The molecule has 2 aromatic rings. The summed E-state index contributed by atoms with van der Waals surface area (Å²) >= 11 is 0. The van der Waals surface area contributed by atoms with Crippen molar-refractivity contribution in [3.63, 3.8) is 0 Å². The number of rotatable bonds is 4. The van der Waals surface area contributed by atoms with Crippen molar-refractivity contribution < 1.29 is 18.3 Å². The van der Waals surface area contributed by atoms with Gasteiger partial charge >= 0.3 is 5.91 Å². The van der Waals surface area contributed by atoms with Gasteiger partial charge in [-0.1, -0.05) is 0 Å². The Kier molecular flexibility index (Phi) is 3.98. The van der Waals surface area contributed by atoms with Crippen molar-refractivity contribution in [2.75, 3.05) is 0 Å². The molecular formula is C13H10FN3O3. The van der Waals surface area contributed by atoms with Gasteiger partial charge in [-0.05, 0) is 30.3 Å². The summed E-state index contributed by atoms with van der Waals surface area (Å²) in [6.07, 6.45) is 0. The molecule has 0 aliphatic carbocycles. The number of halogens is 1. The van der Waals surface area contributed by atoms with Crippen molar-refractivity contribution in [2.24, 2.45) is 5.84 Å². The summed E-state index contributed by atoms with van der Waals surface area (Å²) in [5.74, 6) is 4.11. The van der Waals surface area contributed by atoms with Gasteiger partial charge in [0, 0.05) is 0 Å². The molecule has 3 N–H and O–H groups in total. The molecule has 0 saturated carbocycles. The summed E-state index contributed by atoms with van der Waals surface area (Å²) in [7, 11) is 0. The predicted octanol–water partition coefficient (Wildman–Crippen LogP) is 1.47. The second kappa shape index (κ2) is 5.86. The van der Waals surface area contributed by atoms with E-state index < -0.39 is 11.7 Å². The molecule has 7 heteroatoms. The van der Waals surface area contributed by atoms with Crippen LogP contribution < -0.4 is 16.0 Å². The number of ether oxygens (including phenoxy) is 1. The molecule has 1 amide bonds. The average Bonchev–Trinajstić information content (AvgIpc) is 2.94. The summed E-state index contributed by atoms with van der Waals surface area (Å²) in [4.78, 5) is 11.2. The van der Waals surface area contributed by atoms with Gasteiger partial charge in [0.25, 0.3) is 0 Å². The number of hydrogen-bond donors (Lipinski definition) is 2. The zero-order valence-corrected chi connectivity index (χ0v) is 10.2. The SMILES string of the molecule is N#Cc1ccc(OCc2ccc(C(=O)NN)o2)c(F)c1. The van der Waals surface area contributed by atoms with Crippen LogP contribution in [-0.2, 0) is 6.61 Å². The highest BCUT2D eigenvalue weighted by Gasteiger charge is 2.11. The molecule has 20 heavy (non-hydrogen) atoms. The third kappa shape index (κ3) is 2.93. The van der Waals surface area contributed by atoms with Gasteiger partial charge in [0.05, 0.1) is 11.6 Å². The van der Waals surface area contributed by atoms with Gasteiger partial charge in [-0.25, -0.2) is 10.2 Å². The van der Waals surface area contributed by atoms with E-state index in [1.807, 2.05) is 11.5 Å². The fourth-order valence-electron chi connectivity index (χ4n) is 1.48. The number of carbonyl (C=O) groups excluding carboxylic acids is 1. The maximum Gasteiger partial charge on any atom is 0.300 e. The highest BCUT2D eigenvalue weighted by atomic mass is 19.1. The van der Waals surface area contributed by atoms with Crippen LogP contribution in [-0.4, -0.2) is 5.91 Å². The molecule has 102 valence electrons. The highest BCUT2D eigenvalue weighted by Crippen LogP contribution is 2.20. The monoisotopic (exact) mass is 275 g/mol. The average molecular weight is 275 g/mol. The van der Waals surface area contributed by atoms with E-state index in [1.54, 1.807) is 0 Å². The lowest BCUT2D eigenvalue weighted by molar-refractivity contribution is 0.0921. The Morgan fingerprint density at radius 1 is 1.45 bits per heavy atom. The smallest absolute Gasteiger partial charge is 0.300 e. The molecule has 1 aromatic heterocycles. The minimum atomic E-state index is -0.643. The Balaban J connectivity index is 2.04. The van der Waals surface area contributed by atoms with Crippen LogP contribution in [0.25, 0.3) is 0 Å². The van der Waals surface area contributed by atoms with Crippen LogP contribution in [0.5, 0.6) is 5.75 Å². The highest BCUT2D eigenvalue weighted by molar-refractivity contribution is 5.90. The number of amides is 1.